The van der Waals surface area contributed by atoms with E-state index in [0.29, 0.717) is 22.7 Å². The Kier molecular flexibility index (Phi) is 6.28. The molecule has 1 heterocycles. The molecule has 0 spiro atoms. The first-order valence-corrected chi connectivity index (χ1v) is 10.7. The number of rotatable bonds is 5. The average molecular weight is 476 g/mol. The van der Waals surface area contributed by atoms with Crippen molar-refractivity contribution in [2.45, 2.75) is 18.0 Å². The lowest BCUT2D eigenvalue weighted by Crippen LogP contribution is -2.35. The van der Waals surface area contributed by atoms with E-state index in [9.17, 15) is 32.3 Å². The van der Waals surface area contributed by atoms with Crippen molar-refractivity contribution >= 4 is 29.3 Å². The minimum atomic E-state index is -1.11. The Hall–Kier alpha value is -3.53. The zero-order valence-corrected chi connectivity index (χ0v) is 17.7. The topological polar surface area (TPSA) is 69.6 Å². The molecule has 1 aliphatic heterocycles. The van der Waals surface area contributed by atoms with Crippen LogP contribution in [0.5, 0.6) is 5.75 Å². The van der Waals surface area contributed by atoms with Gasteiger partial charge >= 0.3 is 0 Å². The summed E-state index contributed by atoms with van der Waals surface area (Å²) in [7, 11) is 0. The molecule has 0 bridgehead atoms. The van der Waals surface area contributed by atoms with Gasteiger partial charge in [-0.1, -0.05) is 6.07 Å². The molecule has 0 saturated carbocycles. The van der Waals surface area contributed by atoms with Gasteiger partial charge in [-0.05, 0) is 30.3 Å². The molecule has 10 heteroatoms. The number of phenols is 1. The van der Waals surface area contributed by atoms with Crippen molar-refractivity contribution in [3.05, 3.63) is 88.5 Å². The Labute approximate surface area is 190 Å². The lowest BCUT2D eigenvalue weighted by Gasteiger charge is -2.29. The fourth-order valence-corrected chi connectivity index (χ4v) is 4.36. The molecule has 4 rings (SSSR count). The van der Waals surface area contributed by atoms with Crippen molar-refractivity contribution in [2.75, 3.05) is 10.7 Å². The predicted octanol–water partition coefficient (Wildman–Crippen LogP) is 4.52. The molecular formula is C23H16F4N2O3S. The van der Waals surface area contributed by atoms with Gasteiger partial charge in [-0.15, -0.1) is 11.8 Å². The fraction of sp³-hybridized carbons (Fsp3) is 0.130. The summed E-state index contributed by atoms with van der Waals surface area (Å²) in [4.78, 5) is 26.9. The van der Waals surface area contributed by atoms with Gasteiger partial charge in [0.05, 0.1) is 18.0 Å². The van der Waals surface area contributed by atoms with Gasteiger partial charge in [-0.25, -0.2) is 17.6 Å². The van der Waals surface area contributed by atoms with Gasteiger partial charge < -0.3 is 15.3 Å². The molecule has 1 aliphatic rings. The number of phenolic OH excluding ortho intramolecular Hbond substituents is 1. The van der Waals surface area contributed by atoms with Crippen molar-refractivity contribution in [1.82, 2.24) is 5.32 Å². The smallest absolute Gasteiger partial charge is 0.251 e. The Balaban J connectivity index is 1.54. The minimum absolute atomic E-state index is 0.0335. The Morgan fingerprint density at radius 3 is 2.42 bits per heavy atom. The van der Waals surface area contributed by atoms with Crippen LogP contribution in [0.1, 0.15) is 21.5 Å². The van der Waals surface area contributed by atoms with Crippen LogP contribution >= 0.6 is 11.8 Å². The highest BCUT2D eigenvalue weighted by atomic mass is 32.2. The number of halogens is 4. The number of fused-ring (bicyclic) bond motifs is 1. The van der Waals surface area contributed by atoms with Gasteiger partial charge in [0, 0.05) is 40.3 Å². The molecule has 2 N–H and O–H groups in total. The van der Waals surface area contributed by atoms with Crippen molar-refractivity contribution < 1.29 is 32.3 Å². The SMILES string of the molecule is O=C(NCc1c(F)cc(F)cc1F)c1ccc2c(c1)SCC(=O)N2Cc1c(O)cccc1F. The summed E-state index contributed by atoms with van der Waals surface area (Å²) >= 11 is 1.18. The second-order valence-corrected chi connectivity index (χ2v) is 8.24. The summed E-state index contributed by atoms with van der Waals surface area (Å²) in [6.07, 6.45) is 0. The number of aromatic hydroxyl groups is 1. The van der Waals surface area contributed by atoms with Crippen LogP contribution in [-0.4, -0.2) is 22.7 Å². The van der Waals surface area contributed by atoms with E-state index >= 15 is 0 Å². The summed E-state index contributed by atoms with van der Waals surface area (Å²) in [5.74, 6) is -5.10. The maximum absolute atomic E-state index is 14.2. The number of nitrogens with one attached hydrogen (secondary N) is 1. The van der Waals surface area contributed by atoms with Gasteiger partial charge in [-0.3, -0.25) is 9.59 Å². The van der Waals surface area contributed by atoms with Crippen molar-refractivity contribution in [3.63, 3.8) is 0 Å². The third-order valence-corrected chi connectivity index (χ3v) is 6.14. The zero-order valence-electron chi connectivity index (χ0n) is 16.9. The van der Waals surface area contributed by atoms with E-state index in [2.05, 4.69) is 5.32 Å². The number of hydrogen-bond acceptors (Lipinski definition) is 4. The molecule has 3 aromatic rings. The first-order chi connectivity index (χ1) is 15.7. The van der Waals surface area contributed by atoms with Crippen LogP contribution in [0.15, 0.2) is 53.4 Å². The maximum Gasteiger partial charge on any atom is 0.251 e. The monoisotopic (exact) mass is 476 g/mol. The Morgan fingerprint density at radius 1 is 1.00 bits per heavy atom. The molecule has 170 valence electrons. The van der Waals surface area contributed by atoms with E-state index in [-0.39, 0.29) is 35.1 Å². The summed E-state index contributed by atoms with van der Waals surface area (Å²) < 4.78 is 54.8. The molecule has 0 fully saturated rings. The third kappa shape index (κ3) is 4.65. The number of hydrogen-bond donors (Lipinski definition) is 2. The highest BCUT2D eigenvalue weighted by Gasteiger charge is 2.27. The minimum Gasteiger partial charge on any atom is -0.507 e. The van der Waals surface area contributed by atoms with Gasteiger partial charge in [-0.2, -0.15) is 0 Å². The number of nitrogens with zero attached hydrogens (tertiary/aromatic N) is 1. The Bertz CT molecular complexity index is 1230. The van der Waals surface area contributed by atoms with E-state index in [0.717, 1.165) is 0 Å². The van der Waals surface area contributed by atoms with Crippen LogP contribution in [-0.2, 0) is 17.9 Å². The van der Waals surface area contributed by atoms with E-state index < -0.39 is 41.3 Å². The average Bonchev–Trinajstić information content (AvgIpc) is 2.76. The van der Waals surface area contributed by atoms with E-state index in [1.807, 2.05) is 0 Å². The molecule has 33 heavy (non-hydrogen) atoms. The molecule has 0 unspecified atom stereocenters. The number of anilines is 1. The molecule has 0 atom stereocenters. The molecule has 5 nitrogen and oxygen atoms in total. The lowest BCUT2D eigenvalue weighted by molar-refractivity contribution is -0.116. The number of amides is 2. The quantitative estimate of drug-likeness (QED) is 0.532. The number of benzene rings is 3. The molecule has 3 aromatic carbocycles. The van der Waals surface area contributed by atoms with Gasteiger partial charge in [0.2, 0.25) is 5.91 Å². The standard InChI is InChI=1S/C23H16F4N2O3S/c24-13-7-17(26)14(18(27)8-13)9-28-23(32)12-4-5-19-21(6-12)33-11-22(31)29(19)10-15-16(25)2-1-3-20(15)30/h1-8,30H,9-11H2,(H,28,32). The van der Waals surface area contributed by atoms with E-state index in [1.165, 1.54) is 53.1 Å². The molecule has 0 saturated heterocycles. The lowest BCUT2D eigenvalue weighted by atomic mass is 10.1. The van der Waals surface area contributed by atoms with Crippen LogP contribution in [0.4, 0.5) is 23.2 Å². The molecule has 0 aromatic heterocycles. The predicted molar refractivity (Wildman–Crippen MR) is 114 cm³/mol. The third-order valence-electron chi connectivity index (χ3n) is 5.11. The van der Waals surface area contributed by atoms with Crippen LogP contribution in [0.25, 0.3) is 0 Å². The van der Waals surface area contributed by atoms with Gasteiger partial charge in [0.1, 0.15) is 29.0 Å². The number of thioether (sulfide) groups is 1. The first-order valence-electron chi connectivity index (χ1n) is 9.69. The van der Waals surface area contributed by atoms with E-state index in [4.69, 9.17) is 0 Å². The molecule has 0 aliphatic carbocycles. The number of carbonyl (C=O) groups is 2. The number of carbonyl (C=O) groups excluding carboxylic acids is 2. The normalized spacial score (nSPS) is 13.1. The molecule has 2 amide bonds. The van der Waals surface area contributed by atoms with Gasteiger partial charge in [0.15, 0.2) is 0 Å². The van der Waals surface area contributed by atoms with Crippen molar-refractivity contribution in [1.29, 1.82) is 0 Å². The summed E-state index contributed by atoms with van der Waals surface area (Å²) in [5.41, 5.74) is 0.103. The summed E-state index contributed by atoms with van der Waals surface area (Å²) in [5, 5.41) is 12.4. The highest BCUT2D eigenvalue weighted by Crippen LogP contribution is 2.38. The van der Waals surface area contributed by atoms with Crippen LogP contribution in [0, 0.1) is 23.3 Å². The zero-order chi connectivity index (χ0) is 23.7. The molecular weight excluding hydrogens is 460 g/mol. The van der Waals surface area contributed by atoms with Crippen molar-refractivity contribution in [2.24, 2.45) is 0 Å². The second kappa shape index (κ2) is 9.14. The largest absolute Gasteiger partial charge is 0.507 e. The fourth-order valence-electron chi connectivity index (χ4n) is 3.39. The maximum atomic E-state index is 14.2. The molecule has 0 radical (unpaired) electrons. The second-order valence-electron chi connectivity index (χ2n) is 7.22. The summed E-state index contributed by atoms with van der Waals surface area (Å²) in [6.45, 7) is -0.683. The van der Waals surface area contributed by atoms with Crippen LogP contribution < -0.4 is 10.2 Å². The van der Waals surface area contributed by atoms with Crippen molar-refractivity contribution in [3.8, 4) is 5.75 Å². The Morgan fingerprint density at radius 2 is 1.73 bits per heavy atom. The first kappa shape index (κ1) is 22.7. The van der Waals surface area contributed by atoms with Crippen LogP contribution in [0.2, 0.25) is 0 Å². The van der Waals surface area contributed by atoms with E-state index in [1.54, 1.807) is 0 Å². The summed E-state index contributed by atoms with van der Waals surface area (Å²) in [6, 6.07) is 9.34. The van der Waals surface area contributed by atoms with Gasteiger partial charge in [0.25, 0.3) is 5.91 Å². The van der Waals surface area contributed by atoms with Crippen LogP contribution in [0.3, 0.4) is 0 Å². The highest BCUT2D eigenvalue weighted by molar-refractivity contribution is 8.00.